The molecule has 0 spiro atoms. The molecule has 0 bridgehead atoms. The Morgan fingerprint density at radius 2 is 2.00 bits per heavy atom. The van der Waals surface area contributed by atoms with Crippen LogP contribution >= 0.6 is 11.8 Å². The number of nitrogens with zero attached hydrogens (tertiary/aromatic N) is 2. The predicted molar refractivity (Wildman–Crippen MR) is 80.9 cm³/mol. The Morgan fingerprint density at radius 3 is 2.62 bits per heavy atom. The molecule has 0 saturated heterocycles. The third-order valence-corrected chi connectivity index (χ3v) is 3.80. The van der Waals surface area contributed by atoms with Crippen LogP contribution in [0.25, 0.3) is 0 Å². The quantitative estimate of drug-likeness (QED) is 0.837. The molecule has 2 rings (SSSR count). The van der Waals surface area contributed by atoms with Gasteiger partial charge in [0, 0.05) is 16.7 Å². The SMILES string of the molecule is COc1ccc(F)cc1CSCc1nnc(C(C)(C)C)o1. The molecular weight excluding hydrogens is 291 g/mol. The molecule has 0 aliphatic rings. The topological polar surface area (TPSA) is 48.2 Å². The van der Waals surface area contributed by atoms with Crippen molar-refractivity contribution < 1.29 is 13.5 Å². The second-order valence-corrected chi connectivity index (χ2v) is 6.69. The summed E-state index contributed by atoms with van der Waals surface area (Å²) in [5.74, 6) is 2.84. The second kappa shape index (κ2) is 6.47. The van der Waals surface area contributed by atoms with Crippen LogP contribution in [0.5, 0.6) is 5.75 Å². The van der Waals surface area contributed by atoms with Crippen molar-refractivity contribution in [3.05, 3.63) is 41.4 Å². The molecule has 0 radical (unpaired) electrons. The molecule has 0 saturated carbocycles. The van der Waals surface area contributed by atoms with Gasteiger partial charge in [-0.25, -0.2) is 4.39 Å². The molecule has 0 amide bonds. The fourth-order valence-electron chi connectivity index (χ4n) is 1.72. The number of benzene rings is 1. The van der Waals surface area contributed by atoms with Gasteiger partial charge < -0.3 is 9.15 Å². The van der Waals surface area contributed by atoms with Crippen LogP contribution in [0.1, 0.15) is 38.1 Å². The number of rotatable bonds is 5. The first kappa shape index (κ1) is 15.8. The minimum atomic E-state index is -0.265. The van der Waals surface area contributed by atoms with Crippen molar-refractivity contribution in [1.29, 1.82) is 0 Å². The Kier molecular flexibility index (Phi) is 4.88. The number of hydrogen-bond acceptors (Lipinski definition) is 5. The van der Waals surface area contributed by atoms with Crippen molar-refractivity contribution in [2.24, 2.45) is 0 Å². The summed E-state index contributed by atoms with van der Waals surface area (Å²) in [7, 11) is 1.58. The molecule has 0 aliphatic carbocycles. The van der Waals surface area contributed by atoms with Gasteiger partial charge in [0.1, 0.15) is 11.6 Å². The summed E-state index contributed by atoms with van der Waals surface area (Å²) in [6.07, 6.45) is 0. The van der Waals surface area contributed by atoms with Crippen molar-refractivity contribution in [3.63, 3.8) is 0 Å². The fraction of sp³-hybridized carbons (Fsp3) is 0.467. The standard InChI is InChI=1S/C15H19FN2O2S/c1-15(2,3)14-18-17-13(20-14)9-21-8-10-7-11(16)5-6-12(10)19-4/h5-7H,8-9H2,1-4H3. The van der Waals surface area contributed by atoms with E-state index in [0.717, 1.165) is 5.56 Å². The predicted octanol–water partition coefficient (Wildman–Crippen LogP) is 3.95. The summed E-state index contributed by atoms with van der Waals surface area (Å²) in [5.41, 5.74) is 0.667. The van der Waals surface area contributed by atoms with E-state index in [2.05, 4.69) is 10.2 Å². The van der Waals surface area contributed by atoms with Crippen molar-refractivity contribution in [3.8, 4) is 5.75 Å². The minimum absolute atomic E-state index is 0.151. The van der Waals surface area contributed by atoms with Crippen molar-refractivity contribution in [2.45, 2.75) is 37.7 Å². The highest BCUT2D eigenvalue weighted by Gasteiger charge is 2.21. The smallest absolute Gasteiger partial charge is 0.226 e. The average molecular weight is 310 g/mol. The molecule has 114 valence electrons. The molecule has 0 atom stereocenters. The Labute approximate surface area is 128 Å². The zero-order chi connectivity index (χ0) is 15.5. The molecular formula is C15H19FN2O2S. The molecule has 0 unspecified atom stereocenters. The van der Waals surface area contributed by atoms with Crippen molar-refractivity contribution >= 4 is 11.8 Å². The average Bonchev–Trinajstić information content (AvgIpc) is 2.88. The first-order valence-corrected chi connectivity index (χ1v) is 7.78. The lowest BCUT2D eigenvalue weighted by Gasteiger charge is -2.11. The van der Waals surface area contributed by atoms with Gasteiger partial charge in [0.15, 0.2) is 0 Å². The molecule has 2 aromatic rings. The second-order valence-electron chi connectivity index (χ2n) is 5.70. The van der Waals surface area contributed by atoms with Crippen LogP contribution in [0.15, 0.2) is 22.6 Å². The molecule has 1 aromatic heterocycles. The van der Waals surface area contributed by atoms with E-state index in [4.69, 9.17) is 9.15 Å². The van der Waals surface area contributed by atoms with Gasteiger partial charge in [-0.2, -0.15) is 0 Å². The van der Waals surface area contributed by atoms with Crippen molar-refractivity contribution in [1.82, 2.24) is 10.2 Å². The van der Waals surface area contributed by atoms with Crippen LogP contribution in [0.3, 0.4) is 0 Å². The molecule has 0 N–H and O–H groups in total. The van der Waals surface area contributed by atoms with E-state index >= 15 is 0 Å². The number of thioether (sulfide) groups is 1. The largest absolute Gasteiger partial charge is 0.496 e. The zero-order valence-corrected chi connectivity index (χ0v) is 13.5. The van der Waals surface area contributed by atoms with Crippen LogP contribution in [0, 0.1) is 5.82 Å². The Balaban J connectivity index is 1.96. The summed E-state index contributed by atoms with van der Waals surface area (Å²) in [6, 6.07) is 4.51. The van der Waals surface area contributed by atoms with Crippen LogP contribution in [0.4, 0.5) is 4.39 Å². The Morgan fingerprint density at radius 1 is 1.24 bits per heavy atom. The number of aromatic nitrogens is 2. The summed E-state index contributed by atoms with van der Waals surface area (Å²) in [4.78, 5) is 0. The van der Waals surface area contributed by atoms with E-state index in [1.165, 1.54) is 12.1 Å². The number of methoxy groups -OCH3 is 1. The summed E-state index contributed by atoms with van der Waals surface area (Å²) in [5, 5.41) is 8.08. The third kappa shape index (κ3) is 4.20. The highest BCUT2D eigenvalue weighted by atomic mass is 32.2. The monoisotopic (exact) mass is 310 g/mol. The van der Waals surface area contributed by atoms with E-state index in [0.29, 0.717) is 29.0 Å². The van der Waals surface area contributed by atoms with Gasteiger partial charge >= 0.3 is 0 Å². The van der Waals surface area contributed by atoms with Crippen LogP contribution in [-0.4, -0.2) is 17.3 Å². The lowest BCUT2D eigenvalue weighted by atomic mass is 9.97. The van der Waals surface area contributed by atoms with Gasteiger partial charge in [0.25, 0.3) is 0 Å². The summed E-state index contributed by atoms with van der Waals surface area (Å²) in [6.45, 7) is 6.07. The molecule has 0 fully saturated rings. The van der Waals surface area contributed by atoms with Crippen LogP contribution in [-0.2, 0) is 16.9 Å². The van der Waals surface area contributed by atoms with E-state index in [9.17, 15) is 4.39 Å². The Bertz CT molecular complexity index is 608. The van der Waals surface area contributed by atoms with E-state index in [1.54, 1.807) is 24.9 Å². The highest BCUT2D eigenvalue weighted by Crippen LogP contribution is 2.27. The molecule has 6 heteroatoms. The van der Waals surface area contributed by atoms with Gasteiger partial charge in [-0.3, -0.25) is 0 Å². The maximum absolute atomic E-state index is 13.3. The van der Waals surface area contributed by atoms with Gasteiger partial charge in [-0.1, -0.05) is 20.8 Å². The van der Waals surface area contributed by atoms with Gasteiger partial charge in [-0.05, 0) is 18.2 Å². The number of halogens is 1. The lowest BCUT2D eigenvalue weighted by Crippen LogP contribution is -2.11. The van der Waals surface area contributed by atoms with E-state index in [-0.39, 0.29) is 11.2 Å². The molecule has 1 aromatic carbocycles. The van der Waals surface area contributed by atoms with E-state index in [1.807, 2.05) is 20.8 Å². The van der Waals surface area contributed by atoms with Crippen LogP contribution < -0.4 is 4.74 Å². The maximum Gasteiger partial charge on any atom is 0.226 e. The fourth-order valence-corrected chi connectivity index (χ4v) is 2.56. The first-order chi connectivity index (χ1) is 9.90. The minimum Gasteiger partial charge on any atom is -0.496 e. The van der Waals surface area contributed by atoms with Gasteiger partial charge in [0.05, 0.1) is 12.9 Å². The lowest BCUT2D eigenvalue weighted by molar-refractivity contribution is 0.378. The van der Waals surface area contributed by atoms with E-state index < -0.39 is 0 Å². The molecule has 21 heavy (non-hydrogen) atoms. The highest BCUT2D eigenvalue weighted by molar-refractivity contribution is 7.97. The Hall–Kier alpha value is -1.56. The normalized spacial score (nSPS) is 11.7. The van der Waals surface area contributed by atoms with Crippen LogP contribution in [0.2, 0.25) is 0 Å². The van der Waals surface area contributed by atoms with Crippen molar-refractivity contribution in [2.75, 3.05) is 7.11 Å². The van der Waals surface area contributed by atoms with Gasteiger partial charge in [-0.15, -0.1) is 22.0 Å². The maximum atomic E-state index is 13.3. The summed E-state index contributed by atoms with van der Waals surface area (Å²) >= 11 is 1.58. The molecule has 0 aliphatic heterocycles. The van der Waals surface area contributed by atoms with Gasteiger partial charge in [0.2, 0.25) is 11.8 Å². The third-order valence-electron chi connectivity index (χ3n) is 2.83. The first-order valence-electron chi connectivity index (χ1n) is 6.63. The molecule has 1 heterocycles. The number of hydrogen-bond donors (Lipinski definition) is 0. The zero-order valence-electron chi connectivity index (χ0n) is 12.6. The summed E-state index contributed by atoms with van der Waals surface area (Å²) < 4.78 is 24.1. The number of ether oxygens (including phenoxy) is 1. The molecule has 4 nitrogen and oxygen atoms in total.